The first-order chi connectivity index (χ1) is 7.24. The Bertz CT molecular complexity index is 449. The molecule has 0 saturated heterocycles. The van der Waals surface area contributed by atoms with Crippen LogP contribution < -0.4 is 5.32 Å². The lowest BCUT2D eigenvalue weighted by molar-refractivity contribution is 0.646. The molecule has 2 rings (SSSR count). The van der Waals surface area contributed by atoms with Crippen LogP contribution in [-0.4, -0.2) is 25.0 Å². The van der Waals surface area contributed by atoms with Crippen LogP contribution in [0.25, 0.3) is 0 Å². The lowest BCUT2D eigenvalue weighted by atomic mass is 10.4. The molecule has 0 atom stereocenters. The summed E-state index contributed by atoms with van der Waals surface area (Å²) in [7, 11) is 1.79. The predicted molar refractivity (Wildman–Crippen MR) is 55.1 cm³/mol. The largest absolute Gasteiger partial charge is 0.364 e. The van der Waals surface area contributed by atoms with E-state index in [-0.39, 0.29) is 0 Å². The zero-order valence-electron chi connectivity index (χ0n) is 8.68. The molecule has 0 saturated carbocycles. The second kappa shape index (κ2) is 4.04. The molecule has 1 N–H and O–H groups in total. The Morgan fingerprint density at radius 2 is 2.33 bits per heavy atom. The second-order valence-corrected chi connectivity index (χ2v) is 3.17. The highest BCUT2D eigenvalue weighted by molar-refractivity contribution is 5.33. The Morgan fingerprint density at radius 3 is 3.00 bits per heavy atom. The third kappa shape index (κ3) is 2.49. The molecule has 2 aromatic rings. The molecule has 78 valence electrons. The second-order valence-electron chi connectivity index (χ2n) is 3.17. The molecule has 0 aromatic carbocycles. The van der Waals surface area contributed by atoms with Crippen molar-refractivity contribution in [2.24, 2.45) is 7.05 Å². The van der Waals surface area contributed by atoms with Crippen LogP contribution in [-0.2, 0) is 13.6 Å². The van der Waals surface area contributed by atoms with Crippen molar-refractivity contribution in [3.8, 4) is 0 Å². The molecule has 0 aliphatic carbocycles. The quantitative estimate of drug-likeness (QED) is 0.789. The van der Waals surface area contributed by atoms with Gasteiger partial charge in [-0.2, -0.15) is 15.0 Å². The number of aryl methyl sites for hydroxylation is 2. The topological polar surface area (TPSA) is 68.5 Å². The first-order valence-electron chi connectivity index (χ1n) is 4.63. The number of nitrogens with one attached hydrogen (secondary N) is 1. The number of hydrogen-bond donors (Lipinski definition) is 1. The molecule has 0 spiro atoms. The normalized spacial score (nSPS) is 10.3. The number of rotatable bonds is 3. The van der Waals surface area contributed by atoms with Crippen molar-refractivity contribution in [1.82, 2.24) is 25.0 Å². The van der Waals surface area contributed by atoms with E-state index in [1.165, 1.54) is 4.80 Å². The molecule has 0 aliphatic rings. The van der Waals surface area contributed by atoms with Crippen LogP contribution in [0.2, 0.25) is 0 Å². The van der Waals surface area contributed by atoms with Gasteiger partial charge in [-0.05, 0) is 13.0 Å². The van der Waals surface area contributed by atoms with Crippen molar-refractivity contribution in [2.45, 2.75) is 13.5 Å². The van der Waals surface area contributed by atoms with E-state index in [0.717, 1.165) is 17.3 Å². The Morgan fingerprint density at radius 1 is 1.47 bits per heavy atom. The molecule has 2 heterocycles. The highest BCUT2D eigenvalue weighted by Crippen LogP contribution is 2.03. The molecule has 0 fully saturated rings. The number of aromatic nitrogens is 5. The van der Waals surface area contributed by atoms with Crippen LogP contribution >= 0.6 is 0 Å². The Kier molecular flexibility index (Phi) is 2.57. The van der Waals surface area contributed by atoms with Crippen molar-refractivity contribution in [1.29, 1.82) is 0 Å². The van der Waals surface area contributed by atoms with Gasteiger partial charge in [0.2, 0.25) is 0 Å². The lowest BCUT2D eigenvalue weighted by Gasteiger charge is -2.02. The summed E-state index contributed by atoms with van der Waals surface area (Å²) >= 11 is 0. The fourth-order valence-corrected chi connectivity index (χ4v) is 1.20. The monoisotopic (exact) mass is 204 g/mol. The Hall–Kier alpha value is -1.98. The van der Waals surface area contributed by atoms with Crippen LogP contribution in [0.15, 0.2) is 18.5 Å². The van der Waals surface area contributed by atoms with E-state index in [1.807, 2.05) is 13.0 Å². The minimum Gasteiger partial charge on any atom is -0.364 e. The van der Waals surface area contributed by atoms with Crippen molar-refractivity contribution in [3.63, 3.8) is 0 Å². The molecule has 0 amide bonds. The third-order valence-electron chi connectivity index (χ3n) is 1.87. The number of anilines is 1. The van der Waals surface area contributed by atoms with Gasteiger partial charge in [-0.1, -0.05) is 0 Å². The van der Waals surface area contributed by atoms with Gasteiger partial charge in [0.25, 0.3) is 0 Å². The Balaban J connectivity index is 1.99. The molecular formula is C9H12N6. The maximum Gasteiger partial charge on any atom is 0.129 e. The maximum absolute atomic E-state index is 4.22. The van der Waals surface area contributed by atoms with E-state index in [0.29, 0.717) is 6.54 Å². The number of nitrogens with zero attached hydrogens (tertiary/aromatic N) is 5. The van der Waals surface area contributed by atoms with Crippen LogP contribution in [0.1, 0.15) is 11.5 Å². The van der Waals surface area contributed by atoms with E-state index >= 15 is 0 Å². The predicted octanol–water partition coefficient (Wildman–Crippen LogP) is 0.526. The van der Waals surface area contributed by atoms with Crippen LogP contribution in [0.5, 0.6) is 0 Å². The maximum atomic E-state index is 4.22. The first-order valence-corrected chi connectivity index (χ1v) is 4.63. The van der Waals surface area contributed by atoms with Crippen LogP contribution in [0.4, 0.5) is 5.82 Å². The van der Waals surface area contributed by atoms with Crippen LogP contribution in [0.3, 0.4) is 0 Å². The summed E-state index contributed by atoms with van der Waals surface area (Å²) in [5.74, 6) is 1.55. The molecule has 2 aromatic heterocycles. The highest BCUT2D eigenvalue weighted by atomic mass is 15.4. The SMILES string of the molecule is Cc1nccc(NCc2cnn(C)n2)n1. The van der Waals surface area contributed by atoms with Crippen molar-refractivity contribution >= 4 is 5.82 Å². The van der Waals surface area contributed by atoms with E-state index in [9.17, 15) is 0 Å². The minimum absolute atomic E-state index is 0.615. The summed E-state index contributed by atoms with van der Waals surface area (Å²) < 4.78 is 0. The summed E-state index contributed by atoms with van der Waals surface area (Å²) in [6.45, 7) is 2.47. The molecular weight excluding hydrogens is 192 g/mol. The average Bonchev–Trinajstić information content (AvgIpc) is 2.62. The van der Waals surface area contributed by atoms with Gasteiger partial charge in [-0.3, -0.25) is 0 Å². The standard InChI is InChI=1S/C9H12N6/c1-7-10-4-3-9(13-7)11-5-8-6-12-15(2)14-8/h3-4,6H,5H2,1-2H3,(H,10,11,13). The van der Waals surface area contributed by atoms with Gasteiger partial charge in [0, 0.05) is 13.2 Å². The van der Waals surface area contributed by atoms with Crippen LogP contribution in [0, 0.1) is 6.92 Å². The fraction of sp³-hybridized carbons (Fsp3) is 0.333. The summed E-state index contributed by atoms with van der Waals surface area (Å²) in [5, 5.41) is 11.3. The Labute approximate surface area is 87.4 Å². The fourth-order valence-electron chi connectivity index (χ4n) is 1.20. The third-order valence-corrected chi connectivity index (χ3v) is 1.87. The average molecular weight is 204 g/mol. The highest BCUT2D eigenvalue weighted by Gasteiger charge is 1.99. The molecule has 0 aliphatic heterocycles. The van der Waals surface area contributed by atoms with E-state index in [1.54, 1.807) is 19.4 Å². The van der Waals surface area contributed by atoms with Gasteiger partial charge in [0.05, 0.1) is 12.7 Å². The first kappa shape index (κ1) is 9.57. The summed E-state index contributed by atoms with van der Waals surface area (Å²) in [4.78, 5) is 9.76. The molecule has 6 heteroatoms. The summed E-state index contributed by atoms with van der Waals surface area (Å²) in [6.07, 6.45) is 3.45. The van der Waals surface area contributed by atoms with Crippen molar-refractivity contribution < 1.29 is 0 Å². The minimum atomic E-state index is 0.615. The van der Waals surface area contributed by atoms with Crippen molar-refractivity contribution in [2.75, 3.05) is 5.32 Å². The summed E-state index contributed by atoms with van der Waals surface area (Å²) in [5.41, 5.74) is 0.883. The molecule has 0 radical (unpaired) electrons. The van der Waals surface area contributed by atoms with Gasteiger partial charge in [0.1, 0.15) is 17.3 Å². The molecule has 15 heavy (non-hydrogen) atoms. The van der Waals surface area contributed by atoms with E-state index < -0.39 is 0 Å². The molecule has 6 nitrogen and oxygen atoms in total. The van der Waals surface area contributed by atoms with Gasteiger partial charge >= 0.3 is 0 Å². The summed E-state index contributed by atoms with van der Waals surface area (Å²) in [6, 6.07) is 1.82. The van der Waals surface area contributed by atoms with Gasteiger partial charge in [-0.25, -0.2) is 9.97 Å². The van der Waals surface area contributed by atoms with Gasteiger partial charge in [-0.15, -0.1) is 0 Å². The molecule has 0 unspecified atom stereocenters. The zero-order valence-corrected chi connectivity index (χ0v) is 8.68. The smallest absolute Gasteiger partial charge is 0.129 e. The molecule has 0 bridgehead atoms. The van der Waals surface area contributed by atoms with E-state index in [4.69, 9.17) is 0 Å². The lowest BCUT2D eigenvalue weighted by Crippen LogP contribution is -2.03. The van der Waals surface area contributed by atoms with Gasteiger partial charge < -0.3 is 5.32 Å². The van der Waals surface area contributed by atoms with Gasteiger partial charge in [0.15, 0.2) is 0 Å². The number of hydrogen-bond acceptors (Lipinski definition) is 5. The zero-order chi connectivity index (χ0) is 10.7. The van der Waals surface area contributed by atoms with Crippen molar-refractivity contribution in [3.05, 3.63) is 30.0 Å². The van der Waals surface area contributed by atoms with E-state index in [2.05, 4.69) is 25.5 Å².